The Hall–Kier alpha value is -1.55. The third-order valence-electron chi connectivity index (χ3n) is 2.71. The number of carbonyl (C=O) groups excluding carboxylic acids is 1. The van der Waals surface area contributed by atoms with Gasteiger partial charge in [-0.05, 0) is 37.5 Å². The monoisotopic (exact) mass is 223 g/mol. The minimum atomic E-state index is -0.878. The molecule has 3 N–H and O–H groups in total. The van der Waals surface area contributed by atoms with Crippen LogP contribution in [0, 0.1) is 13.8 Å². The van der Waals surface area contributed by atoms with Crippen LogP contribution in [0.3, 0.4) is 0 Å². The van der Waals surface area contributed by atoms with Crippen LogP contribution in [0.25, 0.3) is 0 Å². The van der Waals surface area contributed by atoms with Crippen molar-refractivity contribution in [3.05, 3.63) is 34.9 Å². The van der Waals surface area contributed by atoms with Crippen molar-refractivity contribution in [3.63, 3.8) is 0 Å². The van der Waals surface area contributed by atoms with Gasteiger partial charge in [0.25, 0.3) is 0 Å². The van der Waals surface area contributed by atoms with Gasteiger partial charge in [0.2, 0.25) is 0 Å². The van der Waals surface area contributed by atoms with E-state index in [-0.39, 0.29) is 0 Å². The molecule has 1 aromatic carbocycles. The maximum absolute atomic E-state index is 10.6. The highest BCUT2D eigenvalue weighted by Gasteiger charge is 2.21. The van der Waals surface area contributed by atoms with Gasteiger partial charge in [0, 0.05) is 0 Å². The maximum Gasteiger partial charge on any atom is 0.404 e. The van der Waals surface area contributed by atoms with E-state index >= 15 is 0 Å². The molecule has 4 nitrogen and oxygen atoms in total. The first-order chi connectivity index (χ1) is 7.43. The lowest BCUT2D eigenvalue weighted by Gasteiger charge is -2.21. The Balaban J connectivity index is 2.91. The van der Waals surface area contributed by atoms with Crippen LogP contribution >= 0.6 is 0 Å². The Morgan fingerprint density at radius 1 is 1.44 bits per heavy atom. The third kappa shape index (κ3) is 2.73. The van der Waals surface area contributed by atoms with E-state index in [1.807, 2.05) is 32.0 Å². The minimum absolute atomic E-state index is 0.655. The van der Waals surface area contributed by atoms with Crippen molar-refractivity contribution in [2.45, 2.75) is 33.0 Å². The summed E-state index contributed by atoms with van der Waals surface area (Å²) >= 11 is 0. The van der Waals surface area contributed by atoms with E-state index in [1.165, 1.54) is 0 Å². The Bertz CT molecular complexity index is 390. The summed E-state index contributed by atoms with van der Waals surface area (Å²) < 4.78 is 4.75. The zero-order valence-electron chi connectivity index (χ0n) is 9.73. The molecule has 1 rings (SSSR count). The molecule has 16 heavy (non-hydrogen) atoms. The average Bonchev–Trinajstić information content (AvgIpc) is 2.20. The molecule has 1 amide bonds. The van der Waals surface area contributed by atoms with Gasteiger partial charge in [0.15, 0.2) is 0 Å². The van der Waals surface area contributed by atoms with E-state index in [0.29, 0.717) is 0 Å². The molecule has 0 heterocycles. The van der Waals surface area contributed by atoms with E-state index < -0.39 is 18.3 Å². The van der Waals surface area contributed by atoms with Crippen LogP contribution < -0.4 is 5.73 Å². The number of rotatable bonds is 3. The number of carbonyl (C=O) groups is 1. The van der Waals surface area contributed by atoms with Gasteiger partial charge in [0.05, 0.1) is 0 Å². The number of hydrogen-bond acceptors (Lipinski definition) is 3. The highest BCUT2D eigenvalue weighted by Crippen LogP contribution is 2.24. The molecule has 0 radical (unpaired) electrons. The van der Waals surface area contributed by atoms with Gasteiger partial charge in [-0.25, -0.2) is 4.79 Å². The first kappa shape index (κ1) is 12.5. The second-order valence-corrected chi connectivity index (χ2v) is 3.88. The van der Waals surface area contributed by atoms with Crippen LogP contribution in [-0.4, -0.2) is 17.3 Å². The van der Waals surface area contributed by atoms with Gasteiger partial charge >= 0.3 is 6.09 Å². The Labute approximate surface area is 95.0 Å². The Morgan fingerprint density at radius 3 is 2.62 bits per heavy atom. The van der Waals surface area contributed by atoms with Crippen molar-refractivity contribution in [1.29, 1.82) is 0 Å². The number of aliphatic hydroxyl groups is 1. The van der Waals surface area contributed by atoms with Crippen LogP contribution in [0.4, 0.5) is 4.79 Å². The molecule has 0 aromatic heterocycles. The van der Waals surface area contributed by atoms with E-state index in [4.69, 9.17) is 10.5 Å². The lowest BCUT2D eigenvalue weighted by molar-refractivity contribution is 0.0154. The van der Waals surface area contributed by atoms with Crippen LogP contribution in [0.2, 0.25) is 0 Å². The Kier molecular flexibility index (Phi) is 3.90. The number of primary amides is 1. The number of benzene rings is 1. The van der Waals surface area contributed by atoms with Gasteiger partial charge in [-0.1, -0.05) is 18.2 Å². The first-order valence-electron chi connectivity index (χ1n) is 5.13. The van der Waals surface area contributed by atoms with Crippen LogP contribution in [0.5, 0.6) is 0 Å². The maximum atomic E-state index is 10.6. The van der Waals surface area contributed by atoms with E-state index in [2.05, 4.69) is 0 Å². The number of hydrogen-bond donors (Lipinski definition) is 2. The normalized spacial score (nSPS) is 14.2. The number of nitrogens with two attached hydrogens (primary N) is 1. The van der Waals surface area contributed by atoms with Crippen LogP contribution in [0.15, 0.2) is 18.2 Å². The summed E-state index contributed by atoms with van der Waals surface area (Å²) in [5.74, 6) is 0. The average molecular weight is 223 g/mol. The predicted octanol–water partition coefficient (Wildman–Crippen LogP) is 1.82. The zero-order chi connectivity index (χ0) is 12.3. The van der Waals surface area contributed by atoms with E-state index in [1.54, 1.807) is 6.92 Å². The highest BCUT2D eigenvalue weighted by molar-refractivity contribution is 5.64. The fraction of sp³-hybridized carbons (Fsp3) is 0.417. The number of ether oxygens (including phenoxy) is 1. The summed E-state index contributed by atoms with van der Waals surface area (Å²) in [6, 6.07) is 5.64. The molecule has 88 valence electrons. The standard InChI is InChI=1S/C12H17NO3/c1-7-5-4-6-10(8(7)2)11(14)9(3)16-12(13)15/h4-6,9,11,14H,1-3H3,(H2,13,15)/t9-,11+/m0/s1. The van der Waals surface area contributed by atoms with Crippen molar-refractivity contribution in [3.8, 4) is 0 Å². The molecule has 0 saturated heterocycles. The summed E-state index contributed by atoms with van der Waals surface area (Å²) in [4.78, 5) is 10.6. The van der Waals surface area contributed by atoms with Gasteiger partial charge < -0.3 is 15.6 Å². The summed E-state index contributed by atoms with van der Waals surface area (Å²) in [7, 11) is 0. The SMILES string of the molecule is Cc1cccc([C@H](O)[C@H](C)OC(N)=O)c1C. The molecule has 0 saturated carbocycles. The quantitative estimate of drug-likeness (QED) is 0.821. The van der Waals surface area contributed by atoms with Gasteiger partial charge in [-0.15, -0.1) is 0 Å². The first-order valence-corrected chi connectivity index (χ1v) is 5.13. The van der Waals surface area contributed by atoms with E-state index in [0.717, 1.165) is 16.7 Å². The van der Waals surface area contributed by atoms with Crippen LogP contribution in [0.1, 0.15) is 29.7 Å². The van der Waals surface area contributed by atoms with Gasteiger partial charge in [0.1, 0.15) is 12.2 Å². The van der Waals surface area contributed by atoms with Gasteiger partial charge in [-0.3, -0.25) is 0 Å². The molecule has 1 aromatic rings. The largest absolute Gasteiger partial charge is 0.444 e. The summed E-state index contributed by atoms with van der Waals surface area (Å²) in [6.07, 6.45) is -2.39. The third-order valence-corrected chi connectivity index (χ3v) is 2.71. The van der Waals surface area contributed by atoms with Crippen LogP contribution in [-0.2, 0) is 4.74 Å². The molecule has 0 aliphatic heterocycles. The van der Waals surface area contributed by atoms with Crippen molar-refractivity contribution in [1.82, 2.24) is 0 Å². The Morgan fingerprint density at radius 2 is 2.06 bits per heavy atom. The molecule has 0 fully saturated rings. The molecule has 0 spiro atoms. The second kappa shape index (κ2) is 4.99. The number of amides is 1. The molecule has 0 aliphatic rings. The van der Waals surface area contributed by atoms with Crippen molar-refractivity contribution < 1.29 is 14.6 Å². The number of aliphatic hydroxyl groups excluding tert-OH is 1. The fourth-order valence-corrected chi connectivity index (χ4v) is 1.59. The molecule has 2 atom stereocenters. The highest BCUT2D eigenvalue weighted by atomic mass is 16.6. The fourth-order valence-electron chi connectivity index (χ4n) is 1.59. The predicted molar refractivity (Wildman–Crippen MR) is 61.0 cm³/mol. The summed E-state index contributed by atoms with van der Waals surface area (Å²) in [5.41, 5.74) is 7.74. The number of aryl methyl sites for hydroxylation is 1. The summed E-state index contributed by atoms with van der Waals surface area (Å²) in [5, 5.41) is 10.0. The topological polar surface area (TPSA) is 72.6 Å². The molecule has 4 heteroatoms. The second-order valence-electron chi connectivity index (χ2n) is 3.88. The van der Waals surface area contributed by atoms with E-state index in [9.17, 15) is 9.90 Å². The minimum Gasteiger partial charge on any atom is -0.444 e. The molecule has 0 bridgehead atoms. The summed E-state index contributed by atoms with van der Waals surface area (Å²) in [6.45, 7) is 5.49. The van der Waals surface area contributed by atoms with Crippen molar-refractivity contribution in [2.75, 3.05) is 0 Å². The van der Waals surface area contributed by atoms with Crippen molar-refractivity contribution >= 4 is 6.09 Å². The zero-order valence-corrected chi connectivity index (χ0v) is 9.73. The van der Waals surface area contributed by atoms with Crippen molar-refractivity contribution in [2.24, 2.45) is 5.73 Å². The smallest absolute Gasteiger partial charge is 0.404 e. The molecule has 0 unspecified atom stereocenters. The lowest BCUT2D eigenvalue weighted by Crippen LogP contribution is -2.26. The molecule has 0 aliphatic carbocycles. The molecular weight excluding hydrogens is 206 g/mol. The lowest BCUT2D eigenvalue weighted by atomic mass is 9.97. The van der Waals surface area contributed by atoms with Gasteiger partial charge in [-0.2, -0.15) is 0 Å². The molecular formula is C12H17NO3.